The lowest BCUT2D eigenvalue weighted by Crippen LogP contribution is -2.71. The number of nitrogen functional groups attached to an aromatic ring is 2. The van der Waals surface area contributed by atoms with Crippen LogP contribution in [0.2, 0.25) is 0 Å². The number of β-lactam (4-membered cyclic amide) rings is 1. The summed E-state index contributed by atoms with van der Waals surface area (Å²) in [6.07, 6.45) is 1.68. The molecule has 2 atom stereocenters. The number of carbonyl (C=O) groups excluding carboxylic acids is 2. The van der Waals surface area contributed by atoms with Crippen LogP contribution in [-0.2, 0) is 37.6 Å². The summed E-state index contributed by atoms with van der Waals surface area (Å²) in [6.45, 7) is 7.31. The first kappa shape index (κ1) is 33.0. The number of carboxylic acids is 2. The lowest BCUT2D eigenvalue weighted by molar-refractivity contribution is -0.765. The van der Waals surface area contributed by atoms with Crippen molar-refractivity contribution in [2.45, 2.75) is 37.4 Å². The second-order valence-corrected chi connectivity index (χ2v) is 12.2. The summed E-state index contributed by atoms with van der Waals surface area (Å²) >= 11 is 2.02. The third kappa shape index (κ3) is 6.78. The largest absolute Gasteiger partial charge is 0.478 e. The van der Waals surface area contributed by atoms with Gasteiger partial charge >= 0.3 is 11.9 Å². The Labute approximate surface area is 264 Å². The maximum absolute atomic E-state index is 13.3. The molecule has 2 aromatic rings. The summed E-state index contributed by atoms with van der Waals surface area (Å²) in [5.41, 5.74) is 15.8. The second kappa shape index (κ2) is 13.0. The number of carbonyl (C=O) groups is 4. The van der Waals surface area contributed by atoms with Crippen molar-refractivity contribution in [1.82, 2.24) is 29.6 Å². The third-order valence-corrected chi connectivity index (χ3v) is 8.58. The summed E-state index contributed by atoms with van der Waals surface area (Å²) < 4.78 is 7.24. The number of rotatable bonds is 14. The summed E-state index contributed by atoms with van der Waals surface area (Å²) in [4.78, 5) is 60.5. The van der Waals surface area contributed by atoms with E-state index in [1.807, 2.05) is 0 Å². The van der Waals surface area contributed by atoms with Gasteiger partial charge in [-0.1, -0.05) is 11.7 Å². The lowest BCUT2D eigenvalue weighted by atomic mass is 10.0. The third-order valence-electron chi connectivity index (χ3n) is 6.69. The maximum atomic E-state index is 13.3. The van der Waals surface area contributed by atoms with Gasteiger partial charge in [0, 0.05) is 35.9 Å². The summed E-state index contributed by atoms with van der Waals surface area (Å²) in [7, 11) is 1.70. The topological polar surface area (TPSA) is 282 Å². The van der Waals surface area contributed by atoms with Gasteiger partial charge in [-0.15, -0.1) is 21.1 Å². The molecule has 2 aliphatic rings. The molecule has 0 bridgehead atoms. The predicted molar refractivity (Wildman–Crippen MR) is 163 cm³/mol. The zero-order valence-electron chi connectivity index (χ0n) is 24.4. The van der Waals surface area contributed by atoms with Crippen LogP contribution < -0.4 is 37.8 Å². The molecule has 1 fully saturated rings. The van der Waals surface area contributed by atoms with E-state index in [0.29, 0.717) is 36.0 Å². The van der Waals surface area contributed by atoms with E-state index in [2.05, 4.69) is 37.0 Å². The van der Waals surface area contributed by atoms with Crippen molar-refractivity contribution in [2.75, 3.05) is 35.6 Å². The standard InChI is InChI=1S/C24H32N12O7S2/c1-10(28-6-5-25)29-12-8-35(34(4)16(12)26)7-11-9-44-20-14(19(38)36(20)15(11)21(39)40)30-18(37)13(17-31-23(27)45-33-17)32-43-24(2,3)22(41)42/h8,14,20,26,28-29H,1,5-7,9,25H2,2-4H3,(H5,27,30,31,33,37,39,40,41,42)/p+1/b32-13-/t14-,20-/m1/s1. The molecule has 21 heteroatoms. The van der Waals surface area contributed by atoms with Gasteiger partial charge in [-0.3, -0.25) is 14.5 Å². The van der Waals surface area contributed by atoms with Gasteiger partial charge in [-0.2, -0.15) is 9.36 Å². The quantitative estimate of drug-likeness (QED) is 0.0459. The number of aliphatic carboxylic acids is 2. The molecule has 0 aliphatic carbocycles. The van der Waals surface area contributed by atoms with E-state index in [9.17, 15) is 29.4 Å². The van der Waals surface area contributed by atoms with Crippen LogP contribution in [0.1, 0.15) is 19.7 Å². The van der Waals surface area contributed by atoms with Crippen molar-refractivity contribution in [2.24, 2.45) is 17.9 Å². The minimum atomic E-state index is -1.81. The number of hydrogen-bond acceptors (Lipinski definition) is 15. The van der Waals surface area contributed by atoms with Crippen LogP contribution in [0.5, 0.6) is 0 Å². The summed E-state index contributed by atoms with van der Waals surface area (Å²) in [5.74, 6) is -3.47. The molecule has 2 amide bonds. The monoisotopic (exact) mass is 665 g/mol. The van der Waals surface area contributed by atoms with Gasteiger partial charge in [0.05, 0.1) is 12.9 Å². The molecule has 0 saturated carbocycles. The molecule has 242 valence electrons. The van der Waals surface area contributed by atoms with Gasteiger partial charge in [0.15, 0.2) is 23.2 Å². The van der Waals surface area contributed by atoms with Crippen molar-refractivity contribution in [3.05, 3.63) is 35.7 Å². The maximum Gasteiger partial charge on any atom is 0.352 e. The predicted octanol–water partition coefficient (Wildman–Crippen LogP) is -2.22. The van der Waals surface area contributed by atoms with E-state index in [0.717, 1.165) is 16.4 Å². The smallest absolute Gasteiger partial charge is 0.352 e. The summed E-state index contributed by atoms with van der Waals surface area (Å²) in [5, 5.41) is 30.9. The minimum Gasteiger partial charge on any atom is -0.478 e. The number of nitrogens with one attached hydrogen (secondary N) is 3. The van der Waals surface area contributed by atoms with Crippen LogP contribution in [0.4, 0.5) is 16.6 Å². The van der Waals surface area contributed by atoms with Crippen molar-refractivity contribution in [3.63, 3.8) is 0 Å². The molecule has 0 aromatic carbocycles. The number of nitrogens with zero attached hydrogens (tertiary/aromatic N) is 6. The van der Waals surface area contributed by atoms with Gasteiger partial charge in [0.1, 0.15) is 17.1 Å². The van der Waals surface area contributed by atoms with Gasteiger partial charge in [0.25, 0.3) is 11.8 Å². The number of oxime groups is 1. The van der Waals surface area contributed by atoms with Gasteiger partial charge in [0.2, 0.25) is 23.3 Å². The zero-order valence-corrected chi connectivity index (χ0v) is 26.1. The SMILES string of the molecule is C=C(NCCN)Nc1c[n+](CC2=C(C(=O)O)N3C(=O)[C@@H](NC(=O)/C(=N\OC(C)(C)C(=O)O)c4nsc(N)n4)[C@H]3SC2)n(C)c1N. The number of fused-ring (bicyclic) bond motifs is 1. The van der Waals surface area contributed by atoms with Crippen LogP contribution in [0.3, 0.4) is 0 Å². The van der Waals surface area contributed by atoms with E-state index < -0.39 is 46.5 Å². The zero-order chi connectivity index (χ0) is 33.2. The lowest BCUT2D eigenvalue weighted by Gasteiger charge is -2.49. The molecule has 2 aliphatic heterocycles. The Morgan fingerprint density at radius 2 is 2.02 bits per heavy atom. The number of carboxylic acid groups (broad SMARTS) is 2. The van der Waals surface area contributed by atoms with Crippen molar-refractivity contribution >= 4 is 69.4 Å². The Hall–Kier alpha value is -4.89. The average molecular weight is 666 g/mol. The van der Waals surface area contributed by atoms with Crippen molar-refractivity contribution < 1.29 is 38.9 Å². The van der Waals surface area contributed by atoms with Gasteiger partial charge in [-0.05, 0) is 13.8 Å². The molecule has 4 rings (SSSR count). The van der Waals surface area contributed by atoms with E-state index in [4.69, 9.17) is 22.0 Å². The van der Waals surface area contributed by atoms with Crippen LogP contribution in [-0.4, -0.2) is 94.5 Å². The Kier molecular flexibility index (Phi) is 9.53. The van der Waals surface area contributed by atoms with E-state index in [-0.39, 0.29) is 29.0 Å². The number of nitrogens with two attached hydrogens (primary N) is 3. The van der Waals surface area contributed by atoms with E-state index >= 15 is 0 Å². The molecule has 4 heterocycles. The molecule has 0 radical (unpaired) electrons. The average Bonchev–Trinajstić information content (AvgIpc) is 3.52. The van der Waals surface area contributed by atoms with Crippen LogP contribution in [0.15, 0.2) is 35.0 Å². The molecular weight excluding hydrogens is 632 g/mol. The highest BCUT2D eigenvalue weighted by Gasteiger charge is 2.55. The summed E-state index contributed by atoms with van der Waals surface area (Å²) in [6, 6.07) is -1.13. The number of amides is 2. The van der Waals surface area contributed by atoms with Crippen LogP contribution >= 0.6 is 23.3 Å². The fourth-order valence-corrected chi connectivity index (χ4v) is 5.99. The van der Waals surface area contributed by atoms with Gasteiger partial charge in [-0.25, -0.2) is 9.59 Å². The van der Waals surface area contributed by atoms with Gasteiger partial charge < -0.3 is 48.2 Å². The molecular formula is C24H33N12O7S2+. The van der Waals surface area contributed by atoms with Crippen molar-refractivity contribution in [1.29, 1.82) is 0 Å². The fourth-order valence-electron chi connectivity index (χ4n) is 4.22. The van der Waals surface area contributed by atoms with Crippen molar-refractivity contribution in [3.8, 4) is 0 Å². The molecule has 2 aromatic heterocycles. The number of hydrogen-bond donors (Lipinski definition) is 8. The van der Waals surface area contributed by atoms with E-state index in [1.165, 1.54) is 25.6 Å². The Morgan fingerprint density at radius 3 is 2.62 bits per heavy atom. The van der Waals surface area contributed by atoms with Crippen LogP contribution in [0, 0.1) is 0 Å². The normalized spacial score (nSPS) is 18.2. The number of aromatic nitrogens is 4. The number of anilines is 3. The fraction of sp³-hybridized carbons (Fsp3) is 0.417. The molecule has 11 N–H and O–H groups in total. The second-order valence-electron chi connectivity index (χ2n) is 10.3. The first-order valence-electron chi connectivity index (χ1n) is 13.2. The molecule has 0 unspecified atom stereocenters. The molecule has 0 spiro atoms. The first-order valence-corrected chi connectivity index (χ1v) is 15.0. The molecule has 19 nitrogen and oxygen atoms in total. The molecule has 1 saturated heterocycles. The molecule has 45 heavy (non-hydrogen) atoms. The number of thioether (sulfide) groups is 1. The Morgan fingerprint density at radius 1 is 1.31 bits per heavy atom. The highest BCUT2D eigenvalue weighted by atomic mass is 32.2. The minimum absolute atomic E-state index is 0.00874. The Balaban J connectivity index is 1.54. The van der Waals surface area contributed by atoms with E-state index in [1.54, 1.807) is 22.6 Å². The highest BCUT2D eigenvalue weighted by molar-refractivity contribution is 8.00. The Bertz CT molecular complexity index is 1610. The first-order chi connectivity index (χ1) is 21.2. The highest BCUT2D eigenvalue weighted by Crippen LogP contribution is 2.40. The van der Waals surface area contributed by atoms with Crippen LogP contribution in [0.25, 0.3) is 0 Å².